The van der Waals surface area contributed by atoms with Crippen molar-refractivity contribution in [2.45, 2.75) is 0 Å². The van der Waals surface area contributed by atoms with Gasteiger partial charge in [0.15, 0.2) is 5.75 Å². The van der Waals surface area contributed by atoms with Crippen molar-refractivity contribution in [2.24, 2.45) is 0 Å². The largest absolute Gasteiger partial charge is 0.494 e. The molecule has 0 atom stereocenters. The number of nitrogens with one attached hydrogen (secondary N) is 1. The molecular weight excluding hydrogens is 365 g/mol. The Bertz CT molecular complexity index is 739. The molecule has 2 heterocycles. The number of hydrogen-bond donors (Lipinski definition) is 1. The molecule has 1 aliphatic heterocycles. The van der Waals surface area contributed by atoms with Gasteiger partial charge in [0, 0.05) is 18.7 Å². The van der Waals surface area contributed by atoms with Crippen LogP contribution in [0.1, 0.15) is 10.4 Å². The van der Waals surface area contributed by atoms with Crippen molar-refractivity contribution < 1.29 is 14.3 Å². The molecule has 3 rings (SSSR count). The van der Waals surface area contributed by atoms with Gasteiger partial charge in [-0.15, -0.1) is 0 Å². The third kappa shape index (κ3) is 4.15. The number of pyridine rings is 1. The molecule has 8 heteroatoms. The van der Waals surface area contributed by atoms with Crippen molar-refractivity contribution in [1.82, 2.24) is 4.98 Å². The SMILES string of the molecule is COc1c(Cl)cc(C(=O)Nc2ccc(N3CCOCC3)cn2)cc1Cl. The van der Waals surface area contributed by atoms with Crippen LogP contribution in [-0.2, 0) is 4.74 Å². The Kier molecular flexibility index (Phi) is 5.63. The van der Waals surface area contributed by atoms with E-state index < -0.39 is 0 Å². The molecule has 0 saturated carbocycles. The predicted molar refractivity (Wildman–Crippen MR) is 98.2 cm³/mol. The molecule has 0 unspecified atom stereocenters. The Balaban J connectivity index is 1.70. The van der Waals surface area contributed by atoms with Crippen LogP contribution in [0.3, 0.4) is 0 Å². The predicted octanol–water partition coefficient (Wildman–Crippen LogP) is 3.49. The van der Waals surface area contributed by atoms with Gasteiger partial charge in [-0.2, -0.15) is 0 Å². The molecule has 1 fully saturated rings. The maximum atomic E-state index is 12.4. The average molecular weight is 382 g/mol. The molecule has 0 spiro atoms. The van der Waals surface area contributed by atoms with Crippen LogP contribution in [0.2, 0.25) is 10.0 Å². The van der Waals surface area contributed by atoms with Crippen molar-refractivity contribution in [1.29, 1.82) is 0 Å². The topological polar surface area (TPSA) is 63.7 Å². The molecule has 1 saturated heterocycles. The first-order valence-electron chi connectivity index (χ1n) is 7.71. The van der Waals surface area contributed by atoms with Gasteiger partial charge in [0.25, 0.3) is 5.91 Å². The van der Waals surface area contributed by atoms with Crippen LogP contribution < -0.4 is 15.0 Å². The second-order valence-corrected chi connectivity index (χ2v) is 6.24. The number of ether oxygens (including phenoxy) is 2. The van der Waals surface area contributed by atoms with Crippen LogP contribution in [0.15, 0.2) is 30.5 Å². The fourth-order valence-electron chi connectivity index (χ4n) is 2.54. The van der Waals surface area contributed by atoms with E-state index in [0.29, 0.717) is 30.3 Å². The Morgan fingerprint density at radius 1 is 1.24 bits per heavy atom. The summed E-state index contributed by atoms with van der Waals surface area (Å²) in [6, 6.07) is 6.69. The van der Waals surface area contributed by atoms with Crippen molar-refractivity contribution >= 4 is 40.6 Å². The quantitative estimate of drug-likeness (QED) is 0.877. The second-order valence-electron chi connectivity index (χ2n) is 5.43. The molecule has 1 amide bonds. The van der Waals surface area contributed by atoms with Gasteiger partial charge in [-0.1, -0.05) is 23.2 Å². The monoisotopic (exact) mass is 381 g/mol. The summed E-state index contributed by atoms with van der Waals surface area (Å²) in [5.41, 5.74) is 1.33. The summed E-state index contributed by atoms with van der Waals surface area (Å²) >= 11 is 12.1. The van der Waals surface area contributed by atoms with Crippen molar-refractivity contribution in [3.63, 3.8) is 0 Å². The van der Waals surface area contributed by atoms with Crippen molar-refractivity contribution in [3.8, 4) is 5.75 Å². The van der Waals surface area contributed by atoms with Gasteiger partial charge in [-0.05, 0) is 24.3 Å². The lowest BCUT2D eigenvalue weighted by Crippen LogP contribution is -2.36. The van der Waals surface area contributed by atoms with Gasteiger partial charge in [0.2, 0.25) is 0 Å². The number of anilines is 2. The Labute approximate surface area is 155 Å². The number of hydrogen-bond acceptors (Lipinski definition) is 5. The Hall–Kier alpha value is -2.02. The van der Waals surface area contributed by atoms with E-state index in [2.05, 4.69) is 15.2 Å². The minimum absolute atomic E-state index is 0.274. The first-order valence-corrected chi connectivity index (χ1v) is 8.47. The van der Waals surface area contributed by atoms with E-state index in [1.807, 2.05) is 6.07 Å². The van der Waals surface area contributed by atoms with Gasteiger partial charge in [-0.3, -0.25) is 4.79 Å². The van der Waals surface area contributed by atoms with Crippen LogP contribution in [0.5, 0.6) is 5.75 Å². The number of benzene rings is 1. The number of carbonyl (C=O) groups is 1. The lowest BCUT2D eigenvalue weighted by Gasteiger charge is -2.28. The number of amides is 1. The van der Waals surface area contributed by atoms with E-state index in [1.165, 1.54) is 19.2 Å². The normalized spacial score (nSPS) is 14.3. The van der Waals surface area contributed by atoms with Crippen LogP contribution in [0.25, 0.3) is 0 Å². The molecule has 132 valence electrons. The van der Waals surface area contributed by atoms with Gasteiger partial charge in [-0.25, -0.2) is 4.98 Å². The highest BCUT2D eigenvalue weighted by Gasteiger charge is 2.15. The van der Waals surface area contributed by atoms with E-state index in [-0.39, 0.29) is 16.0 Å². The zero-order valence-electron chi connectivity index (χ0n) is 13.6. The maximum Gasteiger partial charge on any atom is 0.256 e. The fourth-order valence-corrected chi connectivity index (χ4v) is 3.18. The van der Waals surface area contributed by atoms with E-state index in [9.17, 15) is 4.79 Å². The number of morpholine rings is 1. The summed E-state index contributed by atoms with van der Waals surface area (Å²) in [6.45, 7) is 3.07. The summed E-state index contributed by atoms with van der Waals surface area (Å²) in [5, 5.41) is 3.28. The van der Waals surface area contributed by atoms with E-state index in [4.69, 9.17) is 32.7 Å². The summed E-state index contributed by atoms with van der Waals surface area (Å²) in [5.74, 6) is 0.441. The number of carbonyl (C=O) groups excluding carboxylic acids is 1. The molecule has 0 bridgehead atoms. The van der Waals surface area contributed by atoms with Gasteiger partial charge in [0.1, 0.15) is 5.82 Å². The molecule has 6 nitrogen and oxygen atoms in total. The minimum atomic E-state index is -0.349. The highest BCUT2D eigenvalue weighted by Crippen LogP contribution is 2.34. The molecule has 0 radical (unpaired) electrons. The van der Waals surface area contributed by atoms with Crippen LogP contribution in [0, 0.1) is 0 Å². The summed E-state index contributed by atoms with van der Waals surface area (Å²) in [7, 11) is 1.47. The molecule has 0 aliphatic carbocycles. The first kappa shape index (κ1) is 17.8. The highest BCUT2D eigenvalue weighted by atomic mass is 35.5. The minimum Gasteiger partial charge on any atom is -0.494 e. The summed E-state index contributed by atoms with van der Waals surface area (Å²) in [4.78, 5) is 18.8. The second kappa shape index (κ2) is 7.91. The first-order chi connectivity index (χ1) is 12.1. The number of halogens is 2. The van der Waals surface area contributed by atoms with Crippen molar-refractivity contribution in [2.75, 3.05) is 43.6 Å². The zero-order valence-corrected chi connectivity index (χ0v) is 15.1. The standard InChI is InChI=1S/C17H17Cl2N3O3/c1-24-16-13(18)8-11(9-14(16)19)17(23)21-15-3-2-12(10-20-15)22-4-6-25-7-5-22/h2-3,8-10H,4-7H2,1H3,(H,20,21,23). The van der Waals surface area contributed by atoms with Gasteiger partial charge in [0.05, 0.1) is 42.3 Å². The molecule has 1 aliphatic rings. The van der Waals surface area contributed by atoms with Crippen molar-refractivity contribution in [3.05, 3.63) is 46.1 Å². The van der Waals surface area contributed by atoms with Gasteiger partial charge >= 0.3 is 0 Å². The third-order valence-electron chi connectivity index (χ3n) is 3.83. The molecule has 1 aromatic heterocycles. The van der Waals surface area contributed by atoms with Crippen LogP contribution >= 0.6 is 23.2 Å². The average Bonchev–Trinajstić information content (AvgIpc) is 2.63. The number of nitrogens with zero attached hydrogens (tertiary/aromatic N) is 2. The lowest BCUT2D eigenvalue weighted by atomic mass is 10.2. The highest BCUT2D eigenvalue weighted by molar-refractivity contribution is 6.37. The smallest absolute Gasteiger partial charge is 0.256 e. The Morgan fingerprint density at radius 2 is 1.92 bits per heavy atom. The third-order valence-corrected chi connectivity index (χ3v) is 4.39. The number of aromatic nitrogens is 1. The van der Waals surface area contributed by atoms with E-state index >= 15 is 0 Å². The fraction of sp³-hybridized carbons (Fsp3) is 0.294. The summed E-state index contributed by atoms with van der Waals surface area (Å²) in [6.07, 6.45) is 1.73. The molecule has 25 heavy (non-hydrogen) atoms. The molecule has 2 aromatic rings. The number of methoxy groups -OCH3 is 1. The summed E-state index contributed by atoms with van der Waals surface area (Å²) < 4.78 is 10.4. The van der Waals surface area contributed by atoms with E-state index in [0.717, 1.165) is 18.8 Å². The Morgan fingerprint density at radius 3 is 2.48 bits per heavy atom. The van der Waals surface area contributed by atoms with Crippen LogP contribution in [-0.4, -0.2) is 44.3 Å². The zero-order chi connectivity index (χ0) is 17.8. The number of rotatable bonds is 4. The van der Waals surface area contributed by atoms with Crippen LogP contribution in [0.4, 0.5) is 11.5 Å². The lowest BCUT2D eigenvalue weighted by molar-refractivity contribution is 0.102. The van der Waals surface area contributed by atoms with E-state index in [1.54, 1.807) is 12.3 Å². The molecular formula is C17H17Cl2N3O3. The van der Waals surface area contributed by atoms with Gasteiger partial charge < -0.3 is 19.7 Å². The molecule has 1 N–H and O–H groups in total. The molecule has 1 aromatic carbocycles. The maximum absolute atomic E-state index is 12.4.